The number of rotatable bonds is 4. The van der Waals surface area contributed by atoms with Crippen molar-refractivity contribution in [2.45, 2.75) is 12.5 Å². The van der Waals surface area contributed by atoms with Crippen LogP contribution in [0.5, 0.6) is 0 Å². The fourth-order valence-electron chi connectivity index (χ4n) is 1.91. The van der Waals surface area contributed by atoms with E-state index in [9.17, 15) is 13.2 Å². The van der Waals surface area contributed by atoms with Crippen LogP contribution < -0.4 is 0 Å². The van der Waals surface area contributed by atoms with Gasteiger partial charge in [-0.3, -0.25) is 4.79 Å². The third-order valence-corrected chi connectivity index (χ3v) is 4.42. The maximum absolute atomic E-state index is 11.8. The van der Waals surface area contributed by atoms with E-state index >= 15 is 0 Å². The van der Waals surface area contributed by atoms with Crippen LogP contribution in [0.25, 0.3) is 0 Å². The van der Waals surface area contributed by atoms with E-state index in [1.54, 1.807) is 0 Å². The monoisotopic (exact) mass is 251 g/mol. The maximum atomic E-state index is 11.8. The van der Waals surface area contributed by atoms with E-state index in [4.69, 9.17) is 0 Å². The van der Waals surface area contributed by atoms with Crippen molar-refractivity contribution in [1.82, 2.24) is 4.31 Å². The molecule has 2 rings (SSSR count). The zero-order valence-corrected chi connectivity index (χ0v) is 10.1. The van der Waals surface area contributed by atoms with Gasteiger partial charge < -0.3 is 0 Å². The van der Waals surface area contributed by atoms with Crippen LogP contribution in [0.1, 0.15) is 18.0 Å². The molecular formula is C12H13NO3S. The third-order valence-electron chi connectivity index (χ3n) is 2.71. The first-order valence-electron chi connectivity index (χ1n) is 5.27. The minimum absolute atomic E-state index is 0.206. The molecule has 1 aromatic carbocycles. The van der Waals surface area contributed by atoms with Crippen LogP contribution in [0.15, 0.2) is 43.0 Å². The van der Waals surface area contributed by atoms with Crippen molar-refractivity contribution in [3.8, 4) is 0 Å². The number of carbonyl (C=O) groups is 1. The fourth-order valence-corrected chi connectivity index (χ4v) is 3.33. The molecule has 0 aliphatic carbocycles. The molecule has 1 amide bonds. The molecular weight excluding hydrogens is 238 g/mol. The van der Waals surface area contributed by atoms with Gasteiger partial charge in [-0.25, -0.2) is 12.7 Å². The first-order valence-corrected chi connectivity index (χ1v) is 6.88. The van der Waals surface area contributed by atoms with Gasteiger partial charge in [0, 0.05) is 0 Å². The lowest BCUT2D eigenvalue weighted by atomic mass is 9.97. The van der Waals surface area contributed by atoms with Crippen LogP contribution in [0.3, 0.4) is 0 Å². The second-order valence-electron chi connectivity index (χ2n) is 3.89. The second kappa shape index (κ2) is 4.33. The van der Waals surface area contributed by atoms with Crippen molar-refractivity contribution in [3.05, 3.63) is 48.6 Å². The summed E-state index contributed by atoms with van der Waals surface area (Å²) >= 11 is 0. The summed E-state index contributed by atoms with van der Waals surface area (Å²) in [5.74, 6) is -0.553. The van der Waals surface area contributed by atoms with Gasteiger partial charge in [-0.1, -0.05) is 36.4 Å². The number of carbonyl (C=O) groups excluding carboxylic acids is 1. The van der Waals surface area contributed by atoms with E-state index < -0.39 is 10.0 Å². The van der Waals surface area contributed by atoms with E-state index in [2.05, 4.69) is 6.58 Å². The standard InChI is InChI=1S/C12H13NO3S/c1-2-8-17(15,16)13-11(9-12(13)14)10-6-4-3-5-7-10/h2-7,11H,1,8-9H2. The smallest absolute Gasteiger partial charge is 0.241 e. The third kappa shape index (κ3) is 2.10. The van der Waals surface area contributed by atoms with Crippen LogP contribution in [0.4, 0.5) is 0 Å². The quantitative estimate of drug-likeness (QED) is 0.601. The minimum atomic E-state index is -3.55. The van der Waals surface area contributed by atoms with E-state index in [0.29, 0.717) is 0 Å². The Hall–Kier alpha value is -1.62. The highest BCUT2D eigenvalue weighted by Crippen LogP contribution is 2.36. The topological polar surface area (TPSA) is 54.5 Å². The maximum Gasteiger partial charge on any atom is 0.241 e. The Balaban J connectivity index is 2.29. The Morgan fingerprint density at radius 1 is 1.35 bits per heavy atom. The Labute approximate surface area is 101 Å². The number of hydrogen-bond donors (Lipinski definition) is 0. The van der Waals surface area contributed by atoms with Crippen LogP contribution in [0, 0.1) is 0 Å². The number of hydrogen-bond acceptors (Lipinski definition) is 3. The average Bonchev–Trinajstić information content (AvgIpc) is 2.26. The average molecular weight is 251 g/mol. The molecule has 1 fully saturated rings. The van der Waals surface area contributed by atoms with Gasteiger partial charge in [0.1, 0.15) is 0 Å². The molecule has 1 unspecified atom stereocenters. The molecule has 0 N–H and O–H groups in total. The van der Waals surface area contributed by atoms with Crippen molar-refractivity contribution < 1.29 is 13.2 Å². The summed E-state index contributed by atoms with van der Waals surface area (Å²) in [4.78, 5) is 11.4. The van der Waals surface area contributed by atoms with E-state index in [1.807, 2.05) is 30.3 Å². The van der Waals surface area contributed by atoms with Crippen LogP contribution in [-0.4, -0.2) is 24.4 Å². The first kappa shape index (κ1) is 11.9. The Morgan fingerprint density at radius 3 is 2.53 bits per heavy atom. The highest BCUT2D eigenvalue weighted by atomic mass is 32.2. The molecule has 1 aliphatic rings. The summed E-state index contributed by atoms with van der Waals surface area (Å²) in [6, 6.07) is 8.81. The lowest BCUT2D eigenvalue weighted by molar-refractivity contribution is -0.137. The molecule has 17 heavy (non-hydrogen) atoms. The Morgan fingerprint density at radius 2 is 2.00 bits per heavy atom. The largest absolute Gasteiger partial charge is 0.274 e. The van der Waals surface area contributed by atoms with Gasteiger partial charge in [-0.05, 0) is 5.56 Å². The van der Waals surface area contributed by atoms with Crippen LogP contribution in [0.2, 0.25) is 0 Å². The summed E-state index contributed by atoms with van der Waals surface area (Å²) < 4.78 is 24.6. The molecule has 1 aromatic rings. The molecule has 0 radical (unpaired) electrons. The molecule has 5 heteroatoms. The van der Waals surface area contributed by atoms with E-state index in [1.165, 1.54) is 6.08 Å². The van der Waals surface area contributed by atoms with Crippen molar-refractivity contribution in [1.29, 1.82) is 0 Å². The first-order chi connectivity index (χ1) is 8.06. The summed E-state index contributed by atoms with van der Waals surface area (Å²) in [7, 11) is -3.55. The molecule has 0 aromatic heterocycles. The highest BCUT2D eigenvalue weighted by molar-refractivity contribution is 7.89. The molecule has 0 spiro atoms. The van der Waals surface area contributed by atoms with E-state index in [0.717, 1.165) is 9.87 Å². The number of benzene rings is 1. The molecule has 0 bridgehead atoms. The predicted molar refractivity (Wildman–Crippen MR) is 64.6 cm³/mol. The van der Waals surface area contributed by atoms with Gasteiger partial charge in [-0.15, -0.1) is 6.58 Å². The lowest BCUT2D eigenvalue weighted by Gasteiger charge is -2.39. The molecule has 1 saturated heterocycles. The van der Waals surface area contributed by atoms with Gasteiger partial charge in [0.2, 0.25) is 15.9 Å². The molecule has 1 atom stereocenters. The van der Waals surface area contributed by atoms with Gasteiger partial charge in [-0.2, -0.15) is 0 Å². The van der Waals surface area contributed by atoms with Crippen molar-refractivity contribution >= 4 is 15.9 Å². The zero-order chi connectivity index (χ0) is 12.5. The Kier molecular flexibility index (Phi) is 3.02. The van der Waals surface area contributed by atoms with Gasteiger partial charge in [0.15, 0.2) is 0 Å². The molecule has 1 aliphatic heterocycles. The van der Waals surface area contributed by atoms with Crippen LogP contribution >= 0.6 is 0 Å². The van der Waals surface area contributed by atoms with Crippen molar-refractivity contribution in [3.63, 3.8) is 0 Å². The lowest BCUT2D eigenvalue weighted by Crippen LogP contribution is -2.50. The summed E-state index contributed by atoms with van der Waals surface area (Å²) in [5, 5.41) is 0. The van der Waals surface area contributed by atoms with Gasteiger partial charge in [0.25, 0.3) is 0 Å². The summed E-state index contributed by atoms with van der Waals surface area (Å²) in [6.07, 6.45) is 1.55. The normalized spacial score (nSPS) is 19.9. The van der Waals surface area contributed by atoms with Crippen molar-refractivity contribution in [2.75, 3.05) is 5.75 Å². The van der Waals surface area contributed by atoms with Crippen LogP contribution in [-0.2, 0) is 14.8 Å². The van der Waals surface area contributed by atoms with Gasteiger partial charge >= 0.3 is 0 Å². The molecule has 90 valence electrons. The fraction of sp³-hybridized carbons (Fsp3) is 0.250. The van der Waals surface area contributed by atoms with Gasteiger partial charge in [0.05, 0.1) is 18.2 Å². The van der Waals surface area contributed by atoms with E-state index in [-0.39, 0.29) is 24.1 Å². The van der Waals surface area contributed by atoms with Crippen molar-refractivity contribution in [2.24, 2.45) is 0 Å². The number of amides is 1. The predicted octanol–water partition coefficient (Wildman–Crippen LogP) is 1.48. The molecule has 0 saturated carbocycles. The SMILES string of the molecule is C=CCS(=O)(=O)N1C(=O)CC1c1ccccc1. The number of nitrogens with zero attached hydrogens (tertiary/aromatic N) is 1. The second-order valence-corrected chi connectivity index (χ2v) is 5.78. The number of β-lactam (4-membered cyclic amide) rings is 1. The summed E-state index contributed by atoms with van der Waals surface area (Å²) in [6.45, 7) is 3.39. The Bertz CT molecular complexity index is 536. The molecule has 4 nitrogen and oxygen atoms in total. The minimum Gasteiger partial charge on any atom is -0.274 e. The molecule has 1 heterocycles. The number of sulfonamides is 1. The zero-order valence-electron chi connectivity index (χ0n) is 9.24. The summed E-state index contributed by atoms with van der Waals surface area (Å²) in [5.41, 5.74) is 0.847. The highest BCUT2D eigenvalue weighted by Gasteiger charge is 2.44.